The molecule has 0 aliphatic carbocycles. The van der Waals surface area contributed by atoms with Crippen molar-refractivity contribution < 1.29 is 8.42 Å². The summed E-state index contributed by atoms with van der Waals surface area (Å²) < 4.78 is 24.5. The maximum Gasteiger partial charge on any atom is 0.214 e. The fourth-order valence-electron chi connectivity index (χ4n) is 1.40. The Kier molecular flexibility index (Phi) is 3.30. The first-order valence-electron chi connectivity index (χ1n) is 4.46. The highest BCUT2D eigenvalue weighted by molar-refractivity contribution is 7.89. The summed E-state index contributed by atoms with van der Waals surface area (Å²) in [5, 5.41) is 0. The minimum atomic E-state index is -2.93. The van der Waals surface area contributed by atoms with Crippen LogP contribution in [0.15, 0.2) is 0 Å². The van der Waals surface area contributed by atoms with E-state index in [1.54, 1.807) is 4.31 Å². The Morgan fingerprint density at radius 2 is 2.08 bits per heavy atom. The first kappa shape index (κ1) is 11.3. The fraction of sp³-hybridized carbons (Fsp3) is 1.00. The standard InChI is InChI=1S/C8H17NO2S2/c1-8(2,7-12)6-9-4-3-5-13(9,10)11/h12H,3-7H2,1-2H3. The molecular formula is C8H17NO2S2. The molecular weight excluding hydrogens is 206 g/mol. The lowest BCUT2D eigenvalue weighted by atomic mass is 9.96. The smallest absolute Gasteiger partial charge is 0.212 e. The Bertz CT molecular complexity index is 272. The molecule has 1 heterocycles. The molecule has 3 nitrogen and oxygen atoms in total. The van der Waals surface area contributed by atoms with Gasteiger partial charge in [-0.25, -0.2) is 12.7 Å². The van der Waals surface area contributed by atoms with Crippen LogP contribution in [0.3, 0.4) is 0 Å². The van der Waals surface area contributed by atoms with Gasteiger partial charge in [0.1, 0.15) is 0 Å². The molecule has 0 bridgehead atoms. The van der Waals surface area contributed by atoms with E-state index in [4.69, 9.17) is 0 Å². The van der Waals surface area contributed by atoms with E-state index in [0.29, 0.717) is 24.6 Å². The topological polar surface area (TPSA) is 37.4 Å². The molecule has 1 aliphatic heterocycles. The zero-order valence-corrected chi connectivity index (χ0v) is 9.87. The van der Waals surface area contributed by atoms with Gasteiger partial charge in [-0.2, -0.15) is 12.6 Å². The van der Waals surface area contributed by atoms with Gasteiger partial charge < -0.3 is 0 Å². The van der Waals surface area contributed by atoms with Gasteiger partial charge in [0.15, 0.2) is 0 Å². The summed E-state index contributed by atoms with van der Waals surface area (Å²) in [5.74, 6) is 1.02. The van der Waals surface area contributed by atoms with E-state index in [1.807, 2.05) is 13.8 Å². The highest BCUT2D eigenvalue weighted by Gasteiger charge is 2.32. The van der Waals surface area contributed by atoms with Crippen LogP contribution in [-0.2, 0) is 10.0 Å². The van der Waals surface area contributed by atoms with Gasteiger partial charge in [-0.05, 0) is 17.6 Å². The first-order chi connectivity index (χ1) is 5.87. The lowest BCUT2D eigenvalue weighted by Crippen LogP contribution is -2.36. The highest BCUT2D eigenvalue weighted by atomic mass is 32.2. The Morgan fingerprint density at radius 1 is 1.46 bits per heavy atom. The van der Waals surface area contributed by atoms with Crippen molar-refractivity contribution in [2.24, 2.45) is 5.41 Å². The third kappa shape index (κ3) is 2.86. The summed E-state index contributed by atoms with van der Waals surface area (Å²) in [6.45, 7) is 5.35. The molecule has 78 valence electrons. The molecule has 0 aromatic carbocycles. The van der Waals surface area contributed by atoms with Gasteiger partial charge in [0, 0.05) is 13.1 Å². The Morgan fingerprint density at radius 3 is 2.46 bits per heavy atom. The fourth-order valence-corrected chi connectivity index (χ4v) is 3.20. The molecule has 1 aliphatic rings. The second kappa shape index (κ2) is 3.79. The number of sulfonamides is 1. The summed E-state index contributed by atoms with van der Waals surface area (Å²) in [4.78, 5) is 0. The van der Waals surface area contributed by atoms with Crippen molar-refractivity contribution >= 4 is 22.7 Å². The van der Waals surface area contributed by atoms with Crippen molar-refractivity contribution in [3.63, 3.8) is 0 Å². The Hall–Kier alpha value is 0.260. The van der Waals surface area contributed by atoms with Crippen LogP contribution in [-0.4, -0.2) is 37.3 Å². The molecule has 0 aromatic heterocycles. The van der Waals surface area contributed by atoms with E-state index in [2.05, 4.69) is 12.6 Å². The normalized spacial score (nSPS) is 23.6. The van der Waals surface area contributed by atoms with E-state index in [-0.39, 0.29) is 5.41 Å². The van der Waals surface area contributed by atoms with E-state index in [1.165, 1.54) is 0 Å². The molecule has 0 amide bonds. The van der Waals surface area contributed by atoms with Gasteiger partial charge in [-0.3, -0.25) is 0 Å². The molecule has 1 saturated heterocycles. The quantitative estimate of drug-likeness (QED) is 0.724. The average Bonchev–Trinajstić information content (AvgIpc) is 2.31. The molecule has 0 spiro atoms. The van der Waals surface area contributed by atoms with Crippen molar-refractivity contribution in [2.45, 2.75) is 20.3 Å². The van der Waals surface area contributed by atoms with Crippen LogP contribution >= 0.6 is 12.6 Å². The van der Waals surface area contributed by atoms with Crippen molar-refractivity contribution in [1.82, 2.24) is 4.31 Å². The van der Waals surface area contributed by atoms with Gasteiger partial charge in [0.2, 0.25) is 10.0 Å². The zero-order valence-electron chi connectivity index (χ0n) is 8.15. The van der Waals surface area contributed by atoms with Gasteiger partial charge in [0.25, 0.3) is 0 Å². The van der Waals surface area contributed by atoms with E-state index in [0.717, 1.165) is 6.42 Å². The third-order valence-electron chi connectivity index (χ3n) is 2.24. The molecule has 0 aromatic rings. The average molecular weight is 223 g/mol. The minimum Gasteiger partial charge on any atom is -0.212 e. The van der Waals surface area contributed by atoms with E-state index < -0.39 is 10.0 Å². The monoisotopic (exact) mass is 223 g/mol. The largest absolute Gasteiger partial charge is 0.214 e. The number of hydrogen-bond donors (Lipinski definition) is 1. The summed E-state index contributed by atoms with van der Waals surface area (Å²) >= 11 is 4.21. The first-order valence-corrected chi connectivity index (χ1v) is 6.70. The maximum atomic E-state index is 11.5. The zero-order chi connectivity index (χ0) is 10.1. The van der Waals surface area contributed by atoms with Crippen molar-refractivity contribution in [1.29, 1.82) is 0 Å². The molecule has 13 heavy (non-hydrogen) atoms. The van der Waals surface area contributed by atoms with Crippen LogP contribution in [0.1, 0.15) is 20.3 Å². The highest BCUT2D eigenvalue weighted by Crippen LogP contribution is 2.23. The van der Waals surface area contributed by atoms with Crippen LogP contribution in [0, 0.1) is 5.41 Å². The number of nitrogens with zero attached hydrogens (tertiary/aromatic N) is 1. The van der Waals surface area contributed by atoms with Gasteiger partial charge in [-0.1, -0.05) is 13.8 Å². The number of thiol groups is 1. The van der Waals surface area contributed by atoms with Crippen molar-refractivity contribution in [3.8, 4) is 0 Å². The molecule has 5 heteroatoms. The number of hydrogen-bond acceptors (Lipinski definition) is 3. The lowest BCUT2D eigenvalue weighted by molar-refractivity contribution is 0.301. The van der Waals surface area contributed by atoms with Crippen LogP contribution in [0.25, 0.3) is 0 Å². The summed E-state index contributed by atoms with van der Waals surface area (Å²) in [7, 11) is -2.93. The van der Waals surface area contributed by atoms with Crippen LogP contribution in [0.2, 0.25) is 0 Å². The molecule has 1 rings (SSSR count). The van der Waals surface area contributed by atoms with Gasteiger partial charge in [-0.15, -0.1) is 0 Å². The van der Waals surface area contributed by atoms with E-state index >= 15 is 0 Å². The predicted molar refractivity (Wildman–Crippen MR) is 57.6 cm³/mol. The maximum absolute atomic E-state index is 11.5. The van der Waals surface area contributed by atoms with Gasteiger partial charge in [0.05, 0.1) is 5.75 Å². The second-order valence-electron chi connectivity index (χ2n) is 4.33. The van der Waals surface area contributed by atoms with E-state index in [9.17, 15) is 8.42 Å². The lowest BCUT2D eigenvalue weighted by Gasteiger charge is -2.27. The minimum absolute atomic E-state index is 0.0273. The summed E-state index contributed by atoms with van der Waals surface area (Å²) in [6, 6.07) is 0. The number of rotatable bonds is 3. The predicted octanol–water partition coefficient (Wildman–Crippen LogP) is 0.978. The van der Waals surface area contributed by atoms with Crippen molar-refractivity contribution in [2.75, 3.05) is 24.6 Å². The van der Waals surface area contributed by atoms with Gasteiger partial charge >= 0.3 is 0 Å². The molecule has 0 saturated carbocycles. The molecule has 0 unspecified atom stereocenters. The summed E-state index contributed by atoms with van der Waals surface area (Å²) in [6.07, 6.45) is 0.769. The van der Waals surface area contributed by atoms with Crippen LogP contribution in [0.4, 0.5) is 0 Å². The summed E-state index contributed by atoms with van der Waals surface area (Å²) in [5.41, 5.74) is -0.0273. The van der Waals surface area contributed by atoms with Crippen LogP contribution < -0.4 is 0 Å². The molecule has 0 N–H and O–H groups in total. The Labute approximate surface area is 86.0 Å². The molecule has 0 radical (unpaired) electrons. The second-order valence-corrected chi connectivity index (χ2v) is 6.73. The van der Waals surface area contributed by atoms with Crippen molar-refractivity contribution in [3.05, 3.63) is 0 Å². The SMILES string of the molecule is CC(C)(CS)CN1CCCS1(=O)=O. The Balaban J connectivity index is 2.65. The third-order valence-corrected chi connectivity index (χ3v) is 4.99. The molecule has 0 atom stereocenters. The molecule has 1 fully saturated rings. The van der Waals surface area contributed by atoms with Crippen LogP contribution in [0.5, 0.6) is 0 Å².